The molecule has 1 aliphatic heterocycles. The smallest absolute Gasteiger partial charge is 0.290 e. The minimum atomic E-state index is -0.790. The van der Waals surface area contributed by atoms with Crippen molar-refractivity contribution in [3.8, 4) is 11.5 Å². The van der Waals surface area contributed by atoms with Crippen LogP contribution in [-0.4, -0.2) is 39.9 Å². The molecule has 0 saturated heterocycles. The highest BCUT2D eigenvalue weighted by Crippen LogP contribution is 2.42. The van der Waals surface area contributed by atoms with Gasteiger partial charge in [0, 0.05) is 18.9 Å². The molecule has 0 radical (unpaired) electrons. The van der Waals surface area contributed by atoms with Crippen molar-refractivity contribution < 1.29 is 24.2 Å². The molecule has 1 aliphatic rings. The Morgan fingerprint density at radius 1 is 1.12 bits per heavy atom. The second-order valence-corrected chi connectivity index (χ2v) is 8.29. The number of carbonyl (C=O) groups is 2. The van der Waals surface area contributed by atoms with E-state index in [9.17, 15) is 14.7 Å². The Morgan fingerprint density at radius 2 is 1.91 bits per heavy atom. The molecular weight excluding hydrogens is 440 g/mol. The third kappa shape index (κ3) is 4.47. The van der Waals surface area contributed by atoms with Crippen LogP contribution in [0.15, 0.2) is 71.6 Å². The first kappa shape index (κ1) is 22.5. The van der Waals surface area contributed by atoms with Gasteiger partial charge in [-0.25, -0.2) is 0 Å². The third-order valence-electron chi connectivity index (χ3n) is 5.25. The van der Waals surface area contributed by atoms with Crippen LogP contribution in [0.2, 0.25) is 0 Å². The zero-order valence-corrected chi connectivity index (χ0v) is 19.2. The molecule has 1 atom stereocenters. The van der Waals surface area contributed by atoms with Gasteiger partial charge in [-0.3, -0.25) is 14.6 Å². The number of benzene rings is 1. The molecule has 1 amide bonds. The standard InChI is InChI=1S/C25H24N2O5S/c1-3-31-18-10-9-17(13-19(18)32-4-2)22-21(23(28)20-8-6-12-33-20)24(29)25(30)27(22)15-16-7-5-11-26-14-16/h5-14,22,29H,3-4,15H2,1-2H3/t22-/m1/s1. The number of amides is 1. The first-order valence-corrected chi connectivity index (χ1v) is 11.5. The third-order valence-corrected chi connectivity index (χ3v) is 6.12. The second-order valence-electron chi connectivity index (χ2n) is 7.34. The number of pyridine rings is 1. The minimum Gasteiger partial charge on any atom is -0.503 e. The molecule has 0 bridgehead atoms. The maximum absolute atomic E-state index is 13.4. The number of aliphatic hydroxyl groups excluding tert-OH is 1. The molecule has 3 heterocycles. The van der Waals surface area contributed by atoms with Gasteiger partial charge >= 0.3 is 0 Å². The van der Waals surface area contributed by atoms with Crippen molar-refractivity contribution in [2.75, 3.05) is 13.2 Å². The van der Waals surface area contributed by atoms with Gasteiger partial charge in [0.2, 0.25) is 5.78 Å². The normalized spacial score (nSPS) is 15.8. The molecule has 3 aromatic rings. The fourth-order valence-corrected chi connectivity index (χ4v) is 4.54. The molecule has 0 aliphatic carbocycles. The zero-order valence-electron chi connectivity index (χ0n) is 18.4. The summed E-state index contributed by atoms with van der Waals surface area (Å²) >= 11 is 1.26. The summed E-state index contributed by atoms with van der Waals surface area (Å²) in [5.74, 6) is -0.420. The molecule has 170 valence electrons. The van der Waals surface area contributed by atoms with Crippen molar-refractivity contribution in [3.63, 3.8) is 0 Å². The number of hydrogen-bond donors (Lipinski definition) is 1. The lowest BCUT2D eigenvalue weighted by molar-refractivity contribution is -0.130. The van der Waals surface area contributed by atoms with Crippen LogP contribution in [0.4, 0.5) is 0 Å². The monoisotopic (exact) mass is 464 g/mol. The van der Waals surface area contributed by atoms with Crippen LogP contribution < -0.4 is 9.47 Å². The van der Waals surface area contributed by atoms with E-state index in [-0.39, 0.29) is 17.9 Å². The van der Waals surface area contributed by atoms with Crippen LogP contribution in [-0.2, 0) is 11.3 Å². The number of thiophene rings is 1. The van der Waals surface area contributed by atoms with Crippen LogP contribution in [0.1, 0.15) is 40.7 Å². The highest BCUT2D eigenvalue weighted by Gasteiger charge is 2.44. The fraction of sp³-hybridized carbons (Fsp3) is 0.240. The van der Waals surface area contributed by atoms with E-state index in [0.717, 1.165) is 5.56 Å². The summed E-state index contributed by atoms with van der Waals surface area (Å²) in [6.07, 6.45) is 3.30. The Labute approximate surface area is 195 Å². The number of hydrogen-bond acceptors (Lipinski definition) is 7. The van der Waals surface area contributed by atoms with E-state index >= 15 is 0 Å². The topological polar surface area (TPSA) is 89.0 Å². The Bertz CT molecular complexity index is 1170. The summed E-state index contributed by atoms with van der Waals surface area (Å²) in [6.45, 7) is 4.83. The van der Waals surface area contributed by atoms with Gasteiger partial charge in [0.25, 0.3) is 5.91 Å². The molecule has 8 heteroatoms. The van der Waals surface area contributed by atoms with Crippen LogP contribution in [0.25, 0.3) is 0 Å². The Balaban J connectivity index is 1.82. The highest BCUT2D eigenvalue weighted by molar-refractivity contribution is 7.12. The summed E-state index contributed by atoms with van der Waals surface area (Å²) in [4.78, 5) is 32.6. The predicted octanol–water partition coefficient (Wildman–Crippen LogP) is 4.72. The van der Waals surface area contributed by atoms with Gasteiger partial charge in [0.1, 0.15) is 0 Å². The summed E-state index contributed by atoms with van der Waals surface area (Å²) < 4.78 is 11.4. The molecule has 1 N–H and O–H groups in total. The van der Waals surface area contributed by atoms with Crippen LogP contribution in [0.5, 0.6) is 11.5 Å². The maximum Gasteiger partial charge on any atom is 0.290 e. The Morgan fingerprint density at radius 3 is 2.58 bits per heavy atom. The van der Waals surface area contributed by atoms with E-state index in [1.807, 2.05) is 19.9 Å². The molecule has 0 fully saturated rings. The lowest BCUT2D eigenvalue weighted by Gasteiger charge is -2.27. The first-order chi connectivity index (χ1) is 16.0. The number of rotatable bonds is 9. The van der Waals surface area contributed by atoms with E-state index in [0.29, 0.717) is 35.2 Å². The average Bonchev–Trinajstić information content (AvgIpc) is 3.44. The number of Topliss-reactive ketones (excluding diaryl/α,β-unsaturated/α-hetero) is 1. The SMILES string of the molecule is CCOc1ccc([C@@H]2C(C(=O)c3cccs3)=C(O)C(=O)N2Cc2cccnc2)cc1OCC. The van der Waals surface area contributed by atoms with Crippen molar-refractivity contribution in [1.29, 1.82) is 0 Å². The van der Waals surface area contributed by atoms with Gasteiger partial charge in [-0.2, -0.15) is 0 Å². The van der Waals surface area contributed by atoms with Crippen molar-refractivity contribution in [2.45, 2.75) is 26.4 Å². The molecule has 0 unspecified atom stereocenters. The van der Waals surface area contributed by atoms with Crippen molar-refractivity contribution >= 4 is 23.0 Å². The van der Waals surface area contributed by atoms with Crippen LogP contribution in [0.3, 0.4) is 0 Å². The summed E-state index contributed by atoms with van der Waals surface area (Å²) in [5.41, 5.74) is 1.48. The average molecular weight is 465 g/mol. The number of nitrogens with zero attached hydrogens (tertiary/aromatic N) is 2. The maximum atomic E-state index is 13.4. The van der Waals surface area contributed by atoms with E-state index in [1.165, 1.54) is 16.2 Å². The van der Waals surface area contributed by atoms with Gasteiger partial charge in [-0.1, -0.05) is 18.2 Å². The van der Waals surface area contributed by atoms with Crippen molar-refractivity contribution in [3.05, 3.63) is 87.6 Å². The summed E-state index contributed by atoms with van der Waals surface area (Å²) in [6, 6.07) is 11.6. The predicted molar refractivity (Wildman–Crippen MR) is 125 cm³/mol. The van der Waals surface area contributed by atoms with E-state index < -0.39 is 17.7 Å². The highest BCUT2D eigenvalue weighted by atomic mass is 32.1. The van der Waals surface area contributed by atoms with Gasteiger partial charge in [-0.15, -0.1) is 11.3 Å². The lowest BCUT2D eigenvalue weighted by Crippen LogP contribution is -2.30. The Kier molecular flexibility index (Phi) is 6.74. The fourth-order valence-electron chi connectivity index (χ4n) is 3.86. The molecule has 0 saturated carbocycles. The number of aromatic nitrogens is 1. The van der Waals surface area contributed by atoms with Gasteiger partial charge < -0.3 is 19.5 Å². The zero-order chi connectivity index (χ0) is 23.4. The van der Waals surface area contributed by atoms with E-state index in [1.54, 1.807) is 54.2 Å². The van der Waals surface area contributed by atoms with Crippen molar-refractivity contribution in [1.82, 2.24) is 9.88 Å². The summed E-state index contributed by atoms with van der Waals surface area (Å²) in [7, 11) is 0. The second kappa shape index (κ2) is 9.87. The molecule has 7 nitrogen and oxygen atoms in total. The van der Waals surface area contributed by atoms with E-state index in [4.69, 9.17) is 9.47 Å². The lowest BCUT2D eigenvalue weighted by atomic mass is 9.95. The minimum absolute atomic E-state index is 0.0537. The molecule has 33 heavy (non-hydrogen) atoms. The number of aliphatic hydroxyl groups is 1. The van der Waals surface area contributed by atoms with E-state index in [2.05, 4.69) is 4.98 Å². The first-order valence-electron chi connectivity index (χ1n) is 10.7. The molecule has 4 rings (SSSR count). The number of carbonyl (C=O) groups excluding carboxylic acids is 2. The molecular formula is C25H24N2O5S. The van der Waals surface area contributed by atoms with Crippen molar-refractivity contribution in [2.24, 2.45) is 0 Å². The van der Waals surface area contributed by atoms with Gasteiger partial charge in [0.05, 0.1) is 29.7 Å². The largest absolute Gasteiger partial charge is 0.503 e. The number of ether oxygens (including phenoxy) is 2. The van der Waals surface area contributed by atoms with Gasteiger partial charge in [-0.05, 0) is 54.6 Å². The van der Waals surface area contributed by atoms with Crippen LogP contribution in [0, 0.1) is 0 Å². The Hall–Kier alpha value is -3.65. The number of ketones is 1. The molecule has 2 aromatic heterocycles. The van der Waals surface area contributed by atoms with Crippen LogP contribution >= 0.6 is 11.3 Å². The summed E-state index contributed by atoms with van der Waals surface area (Å²) in [5, 5.41) is 12.6. The quantitative estimate of drug-likeness (QED) is 0.461. The molecule has 1 aromatic carbocycles. The molecule has 0 spiro atoms. The van der Waals surface area contributed by atoms with Gasteiger partial charge in [0.15, 0.2) is 17.3 Å².